The van der Waals surface area contributed by atoms with Crippen LogP contribution in [0.15, 0.2) is 53.1 Å². The first-order chi connectivity index (χ1) is 12.1. The number of hydrazine groups is 1. The maximum absolute atomic E-state index is 12.4. The molecular formula is C18H18N2O5. The fraction of sp³-hybridized carbons (Fsp3) is 0.278. The van der Waals surface area contributed by atoms with E-state index in [1.165, 1.54) is 6.26 Å². The van der Waals surface area contributed by atoms with Crippen LogP contribution < -0.4 is 5.43 Å². The van der Waals surface area contributed by atoms with Crippen LogP contribution in [0.4, 0.5) is 0 Å². The average Bonchev–Trinajstić information content (AvgIpc) is 3.24. The van der Waals surface area contributed by atoms with Gasteiger partial charge in [0, 0.05) is 12.0 Å². The van der Waals surface area contributed by atoms with Gasteiger partial charge in [-0.3, -0.25) is 15.0 Å². The van der Waals surface area contributed by atoms with Crippen molar-refractivity contribution in [1.29, 1.82) is 0 Å². The van der Waals surface area contributed by atoms with Gasteiger partial charge in [-0.05, 0) is 31.2 Å². The molecule has 2 amide bonds. The molecular weight excluding hydrogens is 324 g/mol. The smallest absolute Gasteiger partial charge is 0.331 e. The van der Waals surface area contributed by atoms with E-state index >= 15 is 0 Å². The molecule has 1 aromatic heterocycles. The molecule has 0 unspecified atom stereocenters. The third-order valence-electron chi connectivity index (χ3n) is 4.02. The zero-order valence-corrected chi connectivity index (χ0v) is 13.7. The number of carbonyl (C=O) groups is 3. The molecule has 1 N–H and O–H groups in total. The van der Waals surface area contributed by atoms with Crippen molar-refractivity contribution in [3.63, 3.8) is 0 Å². The normalized spacial score (nSPS) is 19.7. The molecule has 0 spiro atoms. The summed E-state index contributed by atoms with van der Waals surface area (Å²) in [5.74, 6) is -1.43. The first kappa shape index (κ1) is 16.8. The highest BCUT2D eigenvalue weighted by Crippen LogP contribution is 2.34. The lowest BCUT2D eigenvalue weighted by Crippen LogP contribution is -2.52. The van der Waals surface area contributed by atoms with Crippen LogP contribution in [0.25, 0.3) is 0 Å². The van der Waals surface area contributed by atoms with Gasteiger partial charge in [-0.15, -0.1) is 0 Å². The van der Waals surface area contributed by atoms with E-state index < -0.39 is 23.8 Å². The van der Waals surface area contributed by atoms with Gasteiger partial charge >= 0.3 is 5.97 Å². The topological polar surface area (TPSA) is 88.8 Å². The summed E-state index contributed by atoms with van der Waals surface area (Å²) < 4.78 is 10.5. The minimum absolute atomic E-state index is 0.0477. The maximum Gasteiger partial charge on any atom is 0.331 e. The fourth-order valence-electron chi connectivity index (χ4n) is 2.88. The lowest BCUT2D eigenvalue weighted by atomic mass is 9.98. The Labute approximate surface area is 144 Å². The summed E-state index contributed by atoms with van der Waals surface area (Å²) in [5, 5.41) is 1.06. The van der Waals surface area contributed by atoms with Crippen molar-refractivity contribution < 1.29 is 23.5 Å². The Balaban J connectivity index is 1.86. The van der Waals surface area contributed by atoms with Crippen molar-refractivity contribution >= 4 is 17.8 Å². The van der Waals surface area contributed by atoms with Gasteiger partial charge in [-0.25, -0.2) is 9.80 Å². The molecule has 0 bridgehead atoms. The van der Waals surface area contributed by atoms with Crippen LogP contribution in [0.1, 0.15) is 35.4 Å². The van der Waals surface area contributed by atoms with E-state index in [-0.39, 0.29) is 18.9 Å². The van der Waals surface area contributed by atoms with E-state index in [2.05, 4.69) is 5.43 Å². The van der Waals surface area contributed by atoms with Gasteiger partial charge in [0.15, 0.2) is 6.04 Å². The number of esters is 1. The minimum Gasteiger partial charge on any atom is -0.469 e. The summed E-state index contributed by atoms with van der Waals surface area (Å²) in [6, 6.07) is 10.9. The molecule has 2 heterocycles. The number of hydrogen-bond acceptors (Lipinski definition) is 5. The Kier molecular flexibility index (Phi) is 4.83. The Morgan fingerprint density at radius 2 is 2.00 bits per heavy atom. The second kappa shape index (κ2) is 7.21. The highest BCUT2D eigenvalue weighted by Gasteiger charge is 2.48. The SMILES string of the molecule is CCOC(=O)[C@H]1[C@H](c2ccco2)CC(=O)N1NC(=O)c1ccccc1. The molecule has 1 saturated heterocycles. The van der Waals surface area contributed by atoms with Crippen molar-refractivity contribution in [3.05, 3.63) is 60.1 Å². The number of nitrogens with one attached hydrogen (secondary N) is 1. The summed E-state index contributed by atoms with van der Waals surface area (Å²) in [4.78, 5) is 37.2. The number of ether oxygens (including phenoxy) is 1. The van der Waals surface area contributed by atoms with E-state index in [4.69, 9.17) is 9.15 Å². The van der Waals surface area contributed by atoms with Crippen molar-refractivity contribution in [2.45, 2.75) is 25.3 Å². The number of furan rings is 1. The Bertz CT molecular complexity index is 757. The van der Waals surface area contributed by atoms with Gasteiger partial charge in [0.25, 0.3) is 5.91 Å². The molecule has 1 aliphatic rings. The molecule has 1 aliphatic heterocycles. The number of hydrogen-bond donors (Lipinski definition) is 1. The molecule has 0 radical (unpaired) electrons. The number of carbonyl (C=O) groups excluding carboxylic acids is 3. The Morgan fingerprint density at radius 1 is 1.24 bits per heavy atom. The van der Waals surface area contributed by atoms with Gasteiger partial charge in [-0.1, -0.05) is 18.2 Å². The van der Waals surface area contributed by atoms with Crippen LogP contribution in [-0.4, -0.2) is 35.4 Å². The van der Waals surface area contributed by atoms with Crippen LogP contribution in [0, 0.1) is 0 Å². The number of benzene rings is 1. The molecule has 25 heavy (non-hydrogen) atoms. The molecule has 7 heteroatoms. The molecule has 2 atom stereocenters. The zero-order valence-electron chi connectivity index (χ0n) is 13.7. The first-order valence-electron chi connectivity index (χ1n) is 8.00. The van der Waals surface area contributed by atoms with Crippen molar-refractivity contribution in [3.8, 4) is 0 Å². The molecule has 0 aliphatic carbocycles. The van der Waals surface area contributed by atoms with Gasteiger partial charge in [0.1, 0.15) is 5.76 Å². The maximum atomic E-state index is 12.4. The van der Waals surface area contributed by atoms with Crippen LogP contribution in [0.3, 0.4) is 0 Å². The van der Waals surface area contributed by atoms with Crippen LogP contribution in [0.2, 0.25) is 0 Å². The zero-order chi connectivity index (χ0) is 17.8. The monoisotopic (exact) mass is 342 g/mol. The number of amides is 2. The minimum atomic E-state index is -0.966. The van der Waals surface area contributed by atoms with Crippen molar-refractivity contribution in [1.82, 2.24) is 10.4 Å². The summed E-state index contributed by atoms with van der Waals surface area (Å²) in [6.45, 7) is 1.86. The Hall–Kier alpha value is -3.09. The molecule has 1 fully saturated rings. The van der Waals surface area contributed by atoms with E-state index in [1.807, 2.05) is 0 Å². The van der Waals surface area contributed by atoms with Gasteiger partial charge in [0.05, 0.1) is 18.8 Å². The van der Waals surface area contributed by atoms with Gasteiger partial charge in [0.2, 0.25) is 5.91 Å². The van der Waals surface area contributed by atoms with E-state index in [0.29, 0.717) is 11.3 Å². The van der Waals surface area contributed by atoms with Crippen LogP contribution >= 0.6 is 0 Å². The highest BCUT2D eigenvalue weighted by atomic mass is 16.5. The predicted octanol–water partition coefficient (Wildman–Crippen LogP) is 1.87. The van der Waals surface area contributed by atoms with Gasteiger partial charge in [-0.2, -0.15) is 0 Å². The molecule has 1 aromatic carbocycles. The lowest BCUT2D eigenvalue weighted by molar-refractivity contribution is -0.153. The molecule has 2 aromatic rings. The first-order valence-corrected chi connectivity index (χ1v) is 8.00. The highest BCUT2D eigenvalue weighted by molar-refractivity contribution is 5.97. The van der Waals surface area contributed by atoms with Crippen molar-refractivity contribution in [2.24, 2.45) is 0 Å². The Morgan fingerprint density at radius 3 is 2.64 bits per heavy atom. The molecule has 3 rings (SSSR count). The number of nitrogens with zero attached hydrogens (tertiary/aromatic N) is 1. The van der Waals surface area contributed by atoms with Crippen LogP contribution in [0.5, 0.6) is 0 Å². The summed E-state index contributed by atoms with van der Waals surface area (Å²) >= 11 is 0. The molecule has 130 valence electrons. The average molecular weight is 342 g/mol. The van der Waals surface area contributed by atoms with Crippen molar-refractivity contribution in [2.75, 3.05) is 6.61 Å². The predicted molar refractivity (Wildman–Crippen MR) is 87.2 cm³/mol. The second-order valence-corrected chi connectivity index (χ2v) is 5.59. The third kappa shape index (κ3) is 3.40. The largest absolute Gasteiger partial charge is 0.469 e. The van der Waals surface area contributed by atoms with Crippen LogP contribution in [-0.2, 0) is 14.3 Å². The molecule has 7 nitrogen and oxygen atoms in total. The standard InChI is InChI=1S/C18H18N2O5/c1-2-24-18(23)16-13(14-9-6-10-25-14)11-15(21)20(16)19-17(22)12-7-4-3-5-8-12/h3-10,13,16H,2,11H2,1H3,(H,19,22)/t13-,16+/m0/s1. The lowest BCUT2D eigenvalue weighted by Gasteiger charge is -2.26. The van der Waals surface area contributed by atoms with E-state index in [1.54, 1.807) is 49.4 Å². The van der Waals surface area contributed by atoms with E-state index in [0.717, 1.165) is 5.01 Å². The number of rotatable bonds is 5. The fourth-order valence-corrected chi connectivity index (χ4v) is 2.88. The second-order valence-electron chi connectivity index (χ2n) is 5.59. The molecule has 0 saturated carbocycles. The summed E-state index contributed by atoms with van der Waals surface area (Å²) in [7, 11) is 0. The summed E-state index contributed by atoms with van der Waals surface area (Å²) in [6.07, 6.45) is 1.53. The van der Waals surface area contributed by atoms with Gasteiger partial charge < -0.3 is 9.15 Å². The third-order valence-corrected chi connectivity index (χ3v) is 4.02. The van der Waals surface area contributed by atoms with E-state index in [9.17, 15) is 14.4 Å². The summed E-state index contributed by atoms with van der Waals surface area (Å²) in [5.41, 5.74) is 2.92. The quantitative estimate of drug-likeness (QED) is 0.838.